The summed E-state index contributed by atoms with van der Waals surface area (Å²) in [5.41, 5.74) is 4.52. The second-order valence-corrected chi connectivity index (χ2v) is 5.93. The summed E-state index contributed by atoms with van der Waals surface area (Å²) in [5, 5.41) is 6.24. The number of nitrogens with one attached hydrogen (secondary N) is 2. The summed E-state index contributed by atoms with van der Waals surface area (Å²) in [7, 11) is 0. The predicted octanol–water partition coefficient (Wildman–Crippen LogP) is 3.23. The molecule has 1 amide bonds. The number of hydrogen-bond acceptors (Lipinski definition) is 4. The normalized spacial score (nSPS) is 13.8. The van der Waals surface area contributed by atoms with Crippen molar-refractivity contribution in [2.45, 2.75) is 39.7 Å². The van der Waals surface area contributed by atoms with Crippen LogP contribution in [0.15, 0.2) is 24.5 Å². The molecule has 0 aliphatic heterocycles. The van der Waals surface area contributed by atoms with E-state index in [-0.39, 0.29) is 5.91 Å². The van der Waals surface area contributed by atoms with Crippen LogP contribution in [0.4, 0.5) is 11.5 Å². The molecule has 114 valence electrons. The van der Waals surface area contributed by atoms with E-state index in [0.717, 1.165) is 29.7 Å². The van der Waals surface area contributed by atoms with Crippen molar-refractivity contribution in [3.8, 4) is 0 Å². The highest BCUT2D eigenvalue weighted by Gasteiger charge is 2.22. The van der Waals surface area contributed by atoms with E-state index < -0.39 is 0 Å². The minimum atomic E-state index is -0.212. The van der Waals surface area contributed by atoms with Crippen LogP contribution < -0.4 is 10.6 Å². The molecule has 0 spiro atoms. The van der Waals surface area contributed by atoms with Gasteiger partial charge in [0.05, 0.1) is 0 Å². The van der Waals surface area contributed by atoms with Crippen LogP contribution in [-0.4, -0.2) is 21.9 Å². The van der Waals surface area contributed by atoms with Gasteiger partial charge in [0.2, 0.25) is 0 Å². The van der Waals surface area contributed by atoms with Crippen LogP contribution in [0, 0.1) is 20.8 Å². The fraction of sp³-hybridized carbons (Fsp3) is 0.353. The van der Waals surface area contributed by atoms with Crippen molar-refractivity contribution < 1.29 is 4.79 Å². The lowest BCUT2D eigenvalue weighted by Crippen LogP contribution is -2.16. The number of carbonyl (C=O) groups is 1. The van der Waals surface area contributed by atoms with Crippen LogP contribution in [0.2, 0.25) is 0 Å². The lowest BCUT2D eigenvalue weighted by Gasteiger charge is -2.13. The largest absolute Gasteiger partial charge is 0.367 e. The Balaban J connectivity index is 1.79. The summed E-state index contributed by atoms with van der Waals surface area (Å²) in [6.07, 6.45) is 3.75. The zero-order valence-electron chi connectivity index (χ0n) is 13.1. The molecule has 1 aliphatic carbocycles. The minimum Gasteiger partial charge on any atom is -0.367 e. The molecule has 5 heteroatoms. The van der Waals surface area contributed by atoms with Crippen molar-refractivity contribution in [1.29, 1.82) is 0 Å². The molecule has 0 radical (unpaired) electrons. The first kappa shape index (κ1) is 14.5. The van der Waals surface area contributed by atoms with Crippen molar-refractivity contribution in [1.82, 2.24) is 9.97 Å². The molecular formula is C17H20N4O. The molecule has 1 aromatic heterocycles. The molecule has 3 rings (SSSR count). The number of benzene rings is 1. The molecule has 1 aliphatic rings. The van der Waals surface area contributed by atoms with Crippen LogP contribution in [0.25, 0.3) is 0 Å². The number of carbonyl (C=O) groups excluding carboxylic acids is 1. The first-order valence-corrected chi connectivity index (χ1v) is 7.50. The third kappa shape index (κ3) is 3.24. The van der Waals surface area contributed by atoms with Crippen molar-refractivity contribution in [2.24, 2.45) is 0 Å². The van der Waals surface area contributed by atoms with Gasteiger partial charge in [0.15, 0.2) is 0 Å². The van der Waals surface area contributed by atoms with Crippen LogP contribution in [0.3, 0.4) is 0 Å². The molecule has 1 fully saturated rings. The molecule has 2 N–H and O–H groups in total. The third-order valence-electron chi connectivity index (χ3n) is 3.74. The van der Waals surface area contributed by atoms with Crippen molar-refractivity contribution in [3.63, 3.8) is 0 Å². The maximum Gasteiger partial charge on any atom is 0.274 e. The SMILES string of the molecule is Cc1cc(C)c(NC(=O)c2cc(NC3CC3)ncn2)c(C)c1. The van der Waals surface area contributed by atoms with Gasteiger partial charge in [-0.15, -0.1) is 0 Å². The van der Waals surface area contributed by atoms with Gasteiger partial charge in [-0.05, 0) is 44.7 Å². The number of anilines is 2. The Kier molecular flexibility index (Phi) is 3.79. The van der Waals surface area contributed by atoms with Crippen LogP contribution in [0.1, 0.15) is 40.0 Å². The maximum absolute atomic E-state index is 12.4. The summed E-state index contributed by atoms with van der Waals surface area (Å²) in [6, 6.07) is 6.31. The highest BCUT2D eigenvalue weighted by molar-refractivity contribution is 6.04. The topological polar surface area (TPSA) is 66.9 Å². The smallest absolute Gasteiger partial charge is 0.274 e. The van der Waals surface area contributed by atoms with Gasteiger partial charge in [-0.3, -0.25) is 4.79 Å². The van der Waals surface area contributed by atoms with Crippen molar-refractivity contribution >= 4 is 17.4 Å². The van der Waals surface area contributed by atoms with Crippen LogP contribution in [0.5, 0.6) is 0 Å². The Hall–Kier alpha value is -2.43. The fourth-order valence-electron chi connectivity index (χ4n) is 2.55. The standard InChI is InChI=1S/C17H20N4O/c1-10-6-11(2)16(12(3)7-10)21-17(22)14-8-15(19-9-18-14)20-13-4-5-13/h6-9,13H,4-5H2,1-3H3,(H,21,22)(H,18,19,20). The minimum absolute atomic E-state index is 0.212. The number of aryl methyl sites for hydroxylation is 3. The van der Waals surface area contributed by atoms with E-state index in [9.17, 15) is 4.79 Å². The summed E-state index contributed by atoms with van der Waals surface area (Å²) >= 11 is 0. The van der Waals surface area contributed by atoms with E-state index in [1.165, 1.54) is 11.9 Å². The molecule has 0 saturated heterocycles. The van der Waals surface area contributed by atoms with E-state index >= 15 is 0 Å². The molecule has 0 atom stereocenters. The van der Waals surface area contributed by atoms with E-state index in [1.54, 1.807) is 6.07 Å². The van der Waals surface area contributed by atoms with Gasteiger partial charge in [-0.25, -0.2) is 9.97 Å². The zero-order valence-corrected chi connectivity index (χ0v) is 13.1. The van der Waals surface area contributed by atoms with Gasteiger partial charge in [0.1, 0.15) is 17.8 Å². The molecule has 2 aromatic rings. The van der Waals surface area contributed by atoms with E-state index in [1.807, 2.05) is 20.8 Å². The Labute approximate surface area is 130 Å². The highest BCUT2D eigenvalue weighted by atomic mass is 16.1. The summed E-state index contributed by atoms with van der Waals surface area (Å²) in [4.78, 5) is 20.7. The zero-order chi connectivity index (χ0) is 15.7. The summed E-state index contributed by atoms with van der Waals surface area (Å²) < 4.78 is 0. The number of aromatic nitrogens is 2. The highest BCUT2D eigenvalue weighted by Crippen LogP contribution is 2.24. The molecule has 1 aromatic carbocycles. The Morgan fingerprint density at radius 1 is 1.09 bits per heavy atom. The molecule has 22 heavy (non-hydrogen) atoms. The maximum atomic E-state index is 12.4. The fourth-order valence-corrected chi connectivity index (χ4v) is 2.55. The van der Waals surface area contributed by atoms with Gasteiger partial charge in [-0.2, -0.15) is 0 Å². The van der Waals surface area contributed by atoms with Crippen LogP contribution >= 0.6 is 0 Å². The Morgan fingerprint density at radius 3 is 2.41 bits per heavy atom. The second kappa shape index (κ2) is 5.75. The van der Waals surface area contributed by atoms with Gasteiger partial charge < -0.3 is 10.6 Å². The monoisotopic (exact) mass is 296 g/mol. The summed E-state index contributed by atoms with van der Waals surface area (Å²) in [6.45, 7) is 6.04. The van der Waals surface area contributed by atoms with Crippen LogP contribution in [-0.2, 0) is 0 Å². The van der Waals surface area contributed by atoms with Gasteiger partial charge in [-0.1, -0.05) is 17.7 Å². The lowest BCUT2D eigenvalue weighted by molar-refractivity contribution is 0.102. The first-order valence-electron chi connectivity index (χ1n) is 7.50. The molecule has 0 unspecified atom stereocenters. The number of nitrogens with zero attached hydrogens (tertiary/aromatic N) is 2. The van der Waals surface area contributed by atoms with E-state index in [4.69, 9.17) is 0 Å². The van der Waals surface area contributed by atoms with Gasteiger partial charge >= 0.3 is 0 Å². The van der Waals surface area contributed by atoms with E-state index in [0.29, 0.717) is 17.6 Å². The van der Waals surface area contributed by atoms with Crippen molar-refractivity contribution in [3.05, 3.63) is 46.9 Å². The van der Waals surface area contributed by atoms with E-state index in [2.05, 4.69) is 32.7 Å². The number of amides is 1. The quantitative estimate of drug-likeness (QED) is 0.909. The number of hydrogen-bond donors (Lipinski definition) is 2. The molecule has 5 nitrogen and oxygen atoms in total. The summed E-state index contributed by atoms with van der Waals surface area (Å²) in [5.74, 6) is 0.497. The Morgan fingerprint density at radius 2 is 1.77 bits per heavy atom. The second-order valence-electron chi connectivity index (χ2n) is 5.93. The molecule has 1 heterocycles. The number of rotatable bonds is 4. The van der Waals surface area contributed by atoms with Gasteiger partial charge in [0.25, 0.3) is 5.91 Å². The average molecular weight is 296 g/mol. The van der Waals surface area contributed by atoms with Gasteiger partial charge in [0, 0.05) is 17.8 Å². The molecular weight excluding hydrogens is 276 g/mol. The Bertz CT molecular complexity index is 699. The predicted molar refractivity (Wildman–Crippen MR) is 87.3 cm³/mol. The van der Waals surface area contributed by atoms with Crippen molar-refractivity contribution in [2.75, 3.05) is 10.6 Å². The molecule has 0 bridgehead atoms. The average Bonchev–Trinajstić information content (AvgIpc) is 3.27. The first-order chi connectivity index (χ1) is 10.5. The molecule has 1 saturated carbocycles. The lowest BCUT2D eigenvalue weighted by atomic mass is 10.1. The third-order valence-corrected chi connectivity index (χ3v) is 3.74.